The highest BCUT2D eigenvalue weighted by atomic mass is 19.1. The SMILES string of the molecule is Cc1cc(F)c(O)cc1[N+](=O)[O-]. The Labute approximate surface area is 67.4 Å². The molecule has 12 heavy (non-hydrogen) atoms. The fourth-order valence-electron chi connectivity index (χ4n) is 0.847. The third-order valence-corrected chi connectivity index (χ3v) is 1.46. The lowest BCUT2D eigenvalue weighted by atomic mass is 10.2. The van der Waals surface area contributed by atoms with Crippen molar-refractivity contribution in [3.63, 3.8) is 0 Å². The Kier molecular flexibility index (Phi) is 1.95. The van der Waals surface area contributed by atoms with Gasteiger partial charge in [0, 0.05) is 5.56 Å². The van der Waals surface area contributed by atoms with Gasteiger partial charge in [-0.2, -0.15) is 0 Å². The van der Waals surface area contributed by atoms with Gasteiger partial charge < -0.3 is 5.11 Å². The van der Waals surface area contributed by atoms with Crippen LogP contribution in [0.25, 0.3) is 0 Å². The van der Waals surface area contributed by atoms with Crippen molar-refractivity contribution in [3.8, 4) is 5.75 Å². The standard InChI is InChI=1S/C7H6FNO3/c1-4-2-5(8)7(10)3-6(4)9(11)12/h2-3,10H,1H3. The van der Waals surface area contributed by atoms with Gasteiger partial charge in [-0.1, -0.05) is 0 Å². The minimum Gasteiger partial charge on any atom is -0.505 e. The van der Waals surface area contributed by atoms with Crippen LogP contribution in [0.2, 0.25) is 0 Å². The Balaban J connectivity index is 3.33. The molecule has 0 atom stereocenters. The van der Waals surface area contributed by atoms with Crippen LogP contribution in [0, 0.1) is 22.9 Å². The molecule has 0 aromatic heterocycles. The Hall–Kier alpha value is -1.65. The lowest BCUT2D eigenvalue weighted by Gasteiger charge is -1.98. The molecule has 1 rings (SSSR count). The van der Waals surface area contributed by atoms with E-state index in [4.69, 9.17) is 5.11 Å². The van der Waals surface area contributed by atoms with Crippen LogP contribution < -0.4 is 0 Å². The summed E-state index contributed by atoms with van der Waals surface area (Å²) < 4.78 is 12.6. The molecule has 0 heterocycles. The third kappa shape index (κ3) is 1.34. The Morgan fingerprint density at radius 1 is 1.58 bits per heavy atom. The molecule has 0 saturated heterocycles. The highest BCUT2D eigenvalue weighted by Crippen LogP contribution is 2.25. The van der Waals surface area contributed by atoms with Crippen molar-refractivity contribution >= 4 is 5.69 Å². The maximum atomic E-state index is 12.6. The van der Waals surface area contributed by atoms with Crippen LogP contribution in [-0.4, -0.2) is 10.0 Å². The number of nitro benzene ring substituents is 1. The molecule has 0 saturated carbocycles. The molecule has 0 bridgehead atoms. The molecule has 0 aliphatic heterocycles. The maximum absolute atomic E-state index is 12.6. The first-order valence-corrected chi connectivity index (χ1v) is 3.16. The number of nitro groups is 1. The number of halogens is 1. The van der Waals surface area contributed by atoms with E-state index in [0.29, 0.717) is 0 Å². The van der Waals surface area contributed by atoms with Gasteiger partial charge in [-0.25, -0.2) is 4.39 Å². The quantitative estimate of drug-likeness (QED) is 0.517. The molecule has 0 amide bonds. The number of phenols is 1. The number of phenolic OH excluding ortho intramolecular Hbond substituents is 1. The van der Waals surface area contributed by atoms with Gasteiger partial charge in [0.15, 0.2) is 11.6 Å². The van der Waals surface area contributed by atoms with E-state index in [-0.39, 0.29) is 11.3 Å². The molecule has 64 valence electrons. The number of benzene rings is 1. The Morgan fingerprint density at radius 3 is 2.67 bits per heavy atom. The van der Waals surface area contributed by atoms with Gasteiger partial charge in [0.2, 0.25) is 0 Å². The molecule has 0 unspecified atom stereocenters. The van der Waals surface area contributed by atoms with Gasteiger partial charge in [0.05, 0.1) is 11.0 Å². The van der Waals surface area contributed by atoms with Crippen LogP contribution in [0.15, 0.2) is 12.1 Å². The second-order valence-corrected chi connectivity index (χ2v) is 2.35. The van der Waals surface area contributed by atoms with Crippen molar-refractivity contribution in [1.82, 2.24) is 0 Å². The van der Waals surface area contributed by atoms with Crippen molar-refractivity contribution in [3.05, 3.63) is 33.6 Å². The van der Waals surface area contributed by atoms with E-state index in [1.54, 1.807) is 0 Å². The summed E-state index contributed by atoms with van der Waals surface area (Å²) in [5.41, 5.74) is -0.0933. The zero-order chi connectivity index (χ0) is 9.30. The minimum absolute atomic E-state index is 0.190. The Morgan fingerprint density at radius 2 is 2.17 bits per heavy atom. The first-order chi connectivity index (χ1) is 5.52. The predicted molar refractivity (Wildman–Crippen MR) is 39.5 cm³/mol. The molecule has 1 aromatic carbocycles. The summed E-state index contributed by atoms with van der Waals surface area (Å²) >= 11 is 0. The fraction of sp³-hybridized carbons (Fsp3) is 0.143. The molecular weight excluding hydrogens is 165 g/mol. The van der Waals surface area contributed by atoms with Gasteiger partial charge in [-0.3, -0.25) is 10.1 Å². The van der Waals surface area contributed by atoms with Gasteiger partial charge >= 0.3 is 0 Å². The summed E-state index contributed by atoms with van der Waals surface area (Å²) in [6.07, 6.45) is 0. The minimum atomic E-state index is -0.849. The van der Waals surface area contributed by atoms with E-state index in [2.05, 4.69) is 0 Å². The van der Waals surface area contributed by atoms with E-state index in [9.17, 15) is 14.5 Å². The van der Waals surface area contributed by atoms with E-state index in [1.807, 2.05) is 0 Å². The summed E-state index contributed by atoms with van der Waals surface area (Å²) in [5.74, 6) is -1.55. The van der Waals surface area contributed by atoms with Gasteiger partial charge in [-0.05, 0) is 13.0 Å². The topological polar surface area (TPSA) is 63.4 Å². The molecule has 1 N–H and O–H groups in total. The lowest BCUT2D eigenvalue weighted by molar-refractivity contribution is -0.385. The van der Waals surface area contributed by atoms with E-state index in [0.717, 1.165) is 12.1 Å². The molecule has 1 aromatic rings. The van der Waals surface area contributed by atoms with E-state index < -0.39 is 16.5 Å². The highest BCUT2D eigenvalue weighted by molar-refractivity contribution is 5.45. The van der Waals surface area contributed by atoms with E-state index in [1.165, 1.54) is 6.92 Å². The smallest absolute Gasteiger partial charge is 0.276 e. The number of nitrogens with zero attached hydrogens (tertiary/aromatic N) is 1. The van der Waals surface area contributed by atoms with Crippen LogP contribution >= 0.6 is 0 Å². The van der Waals surface area contributed by atoms with Crippen LogP contribution in [0.3, 0.4) is 0 Å². The molecule has 0 aliphatic carbocycles. The summed E-state index contributed by atoms with van der Waals surface area (Å²) in [5, 5.41) is 19.1. The van der Waals surface area contributed by atoms with Crippen LogP contribution in [0.1, 0.15) is 5.56 Å². The fourth-order valence-corrected chi connectivity index (χ4v) is 0.847. The van der Waals surface area contributed by atoms with Crippen LogP contribution in [-0.2, 0) is 0 Å². The molecule has 0 fully saturated rings. The maximum Gasteiger partial charge on any atom is 0.276 e. The second-order valence-electron chi connectivity index (χ2n) is 2.35. The zero-order valence-electron chi connectivity index (χ0n) is 6.24. The second kappa shape index (κ2) is 2.77. The van der Waals surface area contributed by atoms with Crippen molar-refractivity contribution in [2.75, 3.05) is 0 Å². The summed E-state index contributed by atoms with van der Waals surface area (Å²) in [6.45, 7) is 1.40. The van der Waals surface area contributed by atoms with Gasteiger partial charge in [0.1, 0.15) is 0 Å². The first-order valence-electron chi connectivity index (χ1n) is 3.16. The number of rotatable bonds is 1. The lowest BCUT2D eigenvalue weighted by Crippen LogP contribution is -1.92. The third-order valence-electron chi connectivity index (χ3n) is 1.46. The molecule has 0 spiro atoms. The molecular formula is C7H6FNO3. The summed E-state index contributed by atoms with van der Waals surface area (Å²) in [4.78, 5) is 9.59. The summed E-state index contributed by atoms with van der Waals surface area (Å²) in [6, 6.07) is 1.72. The highest BCUT2D eigenvalue weighted by Gasteiger charge is 2.14. The van der Waals surface area contributed by atoms with Crippen LogP contribution in [0.5, 0.6) is 5.75 Å². The number of aromatic hydroxyl groups is 1. The van der Waals surface area contributed by atoms with Crippen molar-refractivity contribution in [1.29, 1.82) is 0 Å². The average molecular weight is 171 g/mol. The van der Waals surface area contributed by atoms with Crippen molar-refractivity contribution in [2.45, 2.75) is 6.92 Å². The number of hydrogen-bond donors (Lipinski definition) is 1. The first kappa shape index (κ1) is 8.45. The summed E-state index contributed by atoms with van der Waals surface area (Å²) in [7, 11) is 0. The number of aryl methyl sites for hydroxylation is 1. The van der Waals surface area contributed by atoms with Crippen molar-refractivity contribution in [2.24, 2.45) is 0 Å². The Bertz CT molecular complexity index is 338. The average Bonchev–Trinajstić information content (AvgIpc) is 1.96. The molecule has 0 radical (unpaired) electrons. The van der Waals surface area contributed by atoms with Crippen molar-refractivity contribution < 1.29 is 14.4 Å². The van der Waals surface area contributed by atoms with Gasteiger partial charge in [0.25, 0.3) is 5.69 Å². The molecule has 0 aliphatic rings. The predicted octanol–water partition coefficient (Wildman–Crippen LogP) is 1.75. The van der Waals surface area contributed by atoms with E-state index >= 15 is 0 Å². The monoisotopic (exact) mass is 171 g/mol. The molecule has 4 nitrogen and oxygen atoms in total. The number of hydrogen-bond acceptors (Lipinski definition) is 3. The largest absolute Gasteiger partial charge is 0.505 e. The normalized spacial score (nSPS) is 9.83. The van der Waals surface area contributed by atoms with Gasteiger partial charge in [-0.15, -0.1) is 0 Å². The van der Waals surface area contributed by atoms with Crippen LogP contribution in [0.4, 0.5) is 10.1 Å². The molecule has 5 heteroatoms. The zero-order valence-corrected chi connectivity index (χ0v) is 6.24.